The second-order valence-corrected chi connectivity index (χ2v) is 5.91. The minimum atomic E-state index is 0.558. The van der Waals surface area contributed by atoms with Crippen LogP contribution >= 0.6 is 0 Å². The Bertz CT molecular complexity index is 209. The van der Waals surface area contributed by atoms with Gasteiger partial charge in [0.1, 0.15) is 0 Å². The molecule has 1 saturated carbocycles. The number of rotatable bonds is 5. The summed E-state index contributed by atoms with van der Waals surface area (Å²) in [5, 5.41) is 3.49. The molecule has 88 valence electrons. The van der Waals surface area contributed by atoms with Crippen LogP contribution in [0.1, 0.15) is 46.0 Å². The Labute approximate surface area is 93.8 Å². The molecule has 3 unspecified atom stereocenters. The maximum Gasteiger partial charge on any atom is 0.0576 e. The first-order valence-electron chi connectivity index (χ1n) is 6.42. The average molecular weight is 211 g/mol. The molecule has 0 radical (unpaired) electrons. The molecule has 0 aromatic carbocycles. The number of nitrogens with one attached hydrogen (secondary N) is 1. The molecule has 2 nitrogen and oxygen atoms in total. The minimum absolute atomic E-state index is 0.558. The van der Waals surface area contributed by atoms with Gasteiger partial charge in [-0.25, -0.2) is 0 Å². The van der Waals surface area contributed by atoms with Crippen molar-refractivity contribution in [3.8, 4) is 0 Å². The van der Waals surface area contributed by atoms with Crippen molar-refractivity contribution in [2.45, 2.75) is 58.1 Å². The lowest BCUT2D eigenvalue weighted by atomic mass is 9.98. The van der Waals surface area contributed by atoms with E-state index >= 15 is 0 Å². The van der Waals surface area contributed by atoms with Crippen LogP contribution in [0.25, 0.3) is 0 Å². The number of hydrogen-bond acceptors (Lipinski definition) is 2. The van der Waals surface area contributed by atoms with Crippen LogP contribution in [0.3, 0.4) is 0 Å². The highest BCUT2D eigenvalue weighted by Gasteiger charge is 2.49. The van der Waals surface area contributed by atoms with E-state index in [0.29, 0.717) is 17.6 Å². The van der Waals surface area contributed by atoms with E-state index in [1.165, 1.54) is 32.1 Å². The molecule has 15 heavy (non-hydrogen) atoms. The van der Waals surface area contributed by atoms with Gasteiger partial charge in [0.2, 0.25) is 0 Å². The molecular formula is C13H25NO. The van der Waals surface area contributed by atoms with Gasteiger partial charge in [0.25, 0.3) is 0 Å². The van der Waals surface area contributed by atoms with Gasteiger partial charge in [-0.05, 0) is 50.5 Å². The smallest absolute Gasteiger partial charge is 0.0576 e. The molecule has 2 fully saturated rings. The third kappa shape index (κ3) is 2.73. The van der Waals surface area contributed by atoms with Gasteiger partial charge in [0.15, 0.2) is 0 Å². The van der Waals surface area contributed by atoms with Crippen LogP contribution in [0.2, 0.25) is 0 Å². The summed E-state index contributed by atoms with van der Waals surface area (Å²) in [6, 6.07) is 0.712. The fraction of sp³-hybridized carbons (Fsp3) is 1.00. The average Bonchev–Trinajstić information content (AvgIpc) is 2.68. The van der Waals surface area contributed by atoms with Crippen LogP contribution < -0.4 is 5.32 Å². The summed E-state index contributed by atoms with van der Waals surface area (Å²) in [6.45, 7) is 5.76. The maximum atomic E-state index is 5.67. The van der Waals surface area contributed by atoms with Crippen LogP contribution in [-0.4, -0.2) is 25.8 Å². The van der Waals surface area contributed by atoms with E-state index in [1.807, 2.05) is 0 Å². The summed E-state index contributed by atoms with van der Waals surface area (Å²) >= 11 is 0. The number of hydrogen-bond donors (Lipinski definition) is 1. The summed E-state index contributed by atoms with van der Waals surface area (Å²) in [7, 11) is 2.11. The maximum absolute atomic E-state index is 5.67. The Balaban J connectivity index is 1.72. The van der Waals surface area contributed by atoms with Gasteiger partial charge in [0.05, 0.1) is 6.10 Å². The molecule has 2 aliphatic rings. The summed E-state index contributed by atoms with van der Waals surface area (Å²) in [5.41, 5.74) is 0.588. The van der Waals surface area contributed by atoms with E-state index < -0.39 is 0 Å². The Hall–Kier alpha value is -0.0800. The van der Waals surface area contributed by atoms with Crippen molar-refractivity contribution in [2.75, 3.05) is 13.7 Å². The highest BCUT2D eigenvalue weighted by molar-refractivity contribution is 5.01. The summed E-state index contributed by atoms with van der Waals surface area (Å²) in [6.07, 6.45) is 7.04. The predicted molar refractivity (Wildman–Crippen MR) is 62.9 cm³/mol. The van der Waals surface area contributed by atoms with Crippen molar-refractivity contribution in [1.29, 1.82) is 0 Å². The Morgan fingerprint density at radius 2 is 2.20 bits per heavy atom. The fourth-order valence-corrected chi connectivity index (χ4v) is 2.98. The van der Waals surface area contributed by atoms with Crippen molar-refractivity contribution < 1.29 is 4.74 Å². The first-order chi connectivity index (χ1) is 7.13. The third-order valence-electron chi connectivity index (χ3n) is 4.27. The standard InChI is InChI=1S/C13H25NO/c1-13(2)9-11(13)12(14-3)7-6-10-5-4-8-15-10/h10-12,14H,4-9H2,1-3H3. The molecule has 0 bridgehead atoms. The van der Waals surface area contributed by atoms with E-state index in [1.54, 1.807) is 0 Å². The first kappa shape index (κ1) is 11.4. The van der Waals surface area contributed by atoms with Crippen molar-refractivity contribution in [1.82, 2.24) is 5.32 Å². The minimum Gasteiger partial charge on any atom is -0.378 e. The van der Waals surface area contributed by atoms with Crippen molar-refractivity contribution in [3.63, 3.8) is 0 Å². The lowest BCUT2D eigenvalue weighted by Crippen LogP contribution is -2.30. The van der Waals surface area contributed by atoms with Gasteiger partial charge in [-0.3, -0.25) is 0 Å². The van der Waals surface area contributed by atoms with Crippen molar-refractivity contribution in [3.05, 3.63) is 0 Å². The molecule has 3 atom stereocenters. The van der Waals surface area contributed by atoms with E-state index in [2.05, 4.69) is 26.2 Å². The van der Waals surface area contributed by atoms with Gasteiger partial charge < -0.3 is 10.1 Å². The molecule has 2 heteroatoms. The van der Waals surface area contributed by atoms with Crippen LogP contribution in [0.15, 0.2) is 0 Å². The van der Waals surface area contributed by atoms with Gasteiger partial charge in [-0.2, -0.15) is 0 Å². The fourth-order valence-electron chi connectivity index (χ4n) is 2.98. The van der Waals surface area contributed by atoms with Crippen LogP contribution in [0, 0.1) is 11.3 Å². The monoisotopic (exact) mass is 211 g/mol. The zero-order chi connectivity index (χ0) is 10.9. The second kappa shape index (κ2) is 4.42. The van der Waals surface area contributed by atoms with Crippen molar-refractivity contribution >= 4 is 0 Å². The molecule has 0 spiro atoms. The van der Waals surface area contributed by atoms with Gasteiger partial charge in [-0.15, -0.1) is 0 Å². The van der Waals surface area contributed by atoms with E-state index in [-0.39, 0.29) is 0 Å². The zero-order valence-electron chi connectivity index (χ0n) is 10.4. The normalized spacial score (nSPS) is 35.4. The molecule has 1 aliphatic carbocycles. The number of ether oxygens (including phenoxy) is 1. The molecule has 1 aliphatic heterocycles. The van der Waals surface area contributed by atoms with Gasteiger partial charge in [-0.1, -0.05) is 13.8 Å². The predicted octanol–water partition coefficient (Wildman–Crippen LogP) is 2.58. The SMILES string of the molecule is CNC(CCC1CCCO1)C1CC1(C)C. The third-order valence-corrected chi connectivity index (χ3v) is 4.27. The molecule has 0 aromatic heterocycles. The van der Waals surface area contributed by atoms with Gasteiger partial charge in [0, 0.05) is 12.6 Å². The second-order valence-electron chi connectivity index (χ2n) is 5.91. The summed E-state index contributed by atoms with van der Waals surface area (Å²) in [4.78, 5) is 0. The quantitative estimate of drug-likeness (QED) is 0.754. The lowest BCUT2D eigenvalue weighted by Gasteiger charge is -2.19. The van der Waals surface area contributed by atoms with E-state index in [0.717, 1.165) is 12.5 Å². The Morgan fingerprint density at radius 3 is 2.67 bits per heavy atom. The zero-order valence-corrected chi connectivity index (χ0v) is 10.4. The topological polar surface area (TPSA) is 21.3 Å². The highest BCUT2D eigenvalue weighted by atomic mass is 16.5. The molecular weight excluding hydrogens is 186 g/mol. The Kier molecular flexibility index (Phi) is 3.36. The van der Waals surface area contributed by atoms with E-state index in [4.69, 9.17) is 4.74 Å². The van der Waals surface area contributed by atoms with E-state index in [9.17, 15) is 0 Å². The van der Waals surface area contributed by atoms with Crippen LogP contribution in [-0.2, 0) is 4.74 Å². The Morgan fingerprint density at radius 1 is 1.47 bits per heavy atom. The summed E-state index contributed by atoms with van der Waals surface area (Å²) < 4.78 is 5.67. The molecule has 1 heterocycles. The lowest BCUT2D eigenvalue weighted by molar-refractivity contribution is 0.0986. The van der Waals surface area contributed by atoms with Crippen LogP contribution in [0.4, 0.5) is 0 Å². The largest absolute Gasteiger partial charge is 0.378 e. The molecule has 2 rings (SSSR count). The first-order valence-corrected chi connectivity index (χ1v) is 6.42. The van der Waals surface area contributed by atoms with Crippen molar-refractivity contribution in [2.24, 2.45) is 11.3 Å². The van der Waals surface area contributed by atoms with Gasteiger partial charge >= 0.3 is 0 Å². The molecule has 1 saturated heterocycles. The highest BCUT2D eigenvalue weighted by Crippen LogP contribution is 2.54. The molecule has 0 aromatic rings. The van der Waals surface area contributed by atoms with Crippen LogP contribution in [0.5, 0.6) is 0 Å². The molecule has 0 amide bonds. The molecule has 1 N–H and O–H groups in total. The summed E-state index contributed by atoms with van der Waals surface area (Å²) in [5.74, 6) is 0.893.